The van der Waals surface area contributed by atoms with E-state index in [1.165, 1.54) is 17.7 Å². The number of nitrogens with zero attached hydrogens (tertiary/aromatic N) is 3. The number of aromatic hydroxyl groups is 1. The average molecular weight is 567 g/mol. The van der Waals surface area contributed by atoms with E-state index in [9.17, 15) is 34.8 Å². The summed E-state index contributed by atoms with van der Waals surface area (Å²) in [7, 11) is 6.93. The maximum atomic E-state index is 14.1. The lowest BCUT2D eigenvalue weighted by atomic mass is 9.57. The number of anilines is 1. The summed E-state index contributed by atoms with van der Waals surface area (Å²) in [6.45, 7) is 2.38. The Morgan fingerprint density at radius 2 is 1.80 bits per heavy atom. The van der Waals surface area contributed by atoms with E-state index in [-0.39, 0.29) is 29.7 Å². The third kappa shape index (κ3) is 3.85. The zero-order valence-corrected chi connectivity index (χ0v) is 23.9. The molecule has 5 aliphatic rings. The van der Waals surface area contributed by atoms with Crippen LogP contribution in [0.4, 0.5) is 5.69 Å². The zero-order valence-electron chi connectivity index (χ0n) is 23.9. The van der Waals surface area contributed by atoms with Crippen molar-refractivity contribution in [1.29, 1.82) is 0 Å². The van der Waals surface area contributed by atoms with E-state index < -0.39 is 58.0 Å². The van der Waals surface area contributed by atoms with Crippen LogP contribution in [0.1, 0.15) is 42.4 Å². The minimum absolute atomic E-state index is 0.0665. The Morgan fingerprint density at radius 3 is 2.37 bits per heavy atom. The molecule has 0 aromatic heterocycles. The molecular formula is C30H38N4O7. The van der Waals surface area contributed by atoms with E-state index >= 15 is 0 Å². The van der Waals surface area contributed by atoms with Gasteiger partial charge in [0.15, 0.2) is 11.4 Å². The standard InChI is InChI=1S/C30H38N4O7/c1-32(2)18-11-15(12-34-8-7-29(13-34)5-6-29)23(35)20-16(18)9-14-10-17-22(33(3)4)25(37)21(28(31)40)27(39)30(17,41)26(38)19(14)24(20)36/h11,14,17,22,35-36,39,41H,5-10,12-13H2,1-4H3,(H2,31,40)/t14-,17-,22-,30-/m0/s1. The summed E-state index contributed by atoms with van der Waals surface area (Å²) >= 11 is 0. The molecule has 0 radical (unpaired) electrons. The third-order valence-corrected chi connectivity index (χ3v) is 10.1. The molecule has 6 N–H and O–H groups in total. The minimum Gasteiger partial charge on any atom is -0.508 e. The summed E-state index contributed by atoms with van der Waals surface area (Å²) in [6.07, 6.45) is 3.91. The Bertz CT molecular complexity index is 1460. The third-order valence-electron chi connectivity index (χ3n) is 10.1. The molecule has 1 aromatic rings. The highest BCUT2D eigenvalue weighted by Gasteiger charge is 2.64. The number of phenols is 1. The van der Waals surface area contributed by atoms with Crippen LogP contribution in [0, 0.1) is 17.3 Å². The first kappa shape index (κ1) is 27.7. The molecule has 11 heteroatoms. The molecule has 4 atom stereocenters. The molecule has 1 amide bonds. The summed E-state index contributed by atoms with van der Waals surface area (Å²) in [5.74, 6) is -6.35. The maximum Gasteiger partial charge on any atom is 0.255 e. The van der Waals surface area contributed by atoms with Gasteiger partial charge in [0.2, 0.25) is 5.78 Å². The van der Waals surface area contributed by atoms with Gasteiger partial charge in [0.1, 0.15) is 22.8 Å². The van der Waals surface area contributed by atoms with Crippen LogP contribution in [0.25, 0.3) is 5.76 Å². The van der Waals surface area contributed by atoms with E-state index in [0.717, 1.165) is 25.2 Å². The van der Waals surface area contributed by atoms with Crippen LogP contribution in [0.2, 0.25) is 0 Å². The van der Waals surface area contributed by atoms with Gasteiger partial charge in [-0.05, 0) is 75.7 Å². The molecule has 220 valence electrons. The molecule has 3 fully saturated rings. The topological polar surface area (TPSA) is 168 Å². The number of hydrogen-bond donors (Lipinski definition) is 5. The van der Waals surface area contributed by atoms with Crippen molar-refractivity contribution >= 4 is 28.9 Å². The number of primary amides is 1. The number of hydrogen-bond acceptors (Lipinski definition) is 10. The molecule has 41 heavy (non-hydrogen) atoms. The fourth-order valence-corrected chi connectivity index (χ4v) is 7.85. The summed E-state index contributed by atoms with van der Waals surface area (Å²) < 4.78 is 0. The van der Waals surface area contributed by atoms with E-state index in [2.05, 4.69) is 4.90 Å². The number of likely N-dealkylation sites (N-methyl/N-ethyl adjacent to an activating group) is 1. The number of phenolic OH excluding ortho intramolecular Hbond substituents is 1. The van der Waals surface area contributed by atoms with Gasteiger partial charge in [0, 0.05) is 49.9 Å². The largest absolute Gasteiger partial charge is 0.508 e. The molecule has 1 saturated heterocycles. The maximum absolute atomic E-state index is 14.1. The Labute approximate surface area is 238 Å². The average Bonchev–Trinajstić information content (AvgIpc) is 3.52. The number of aliphatic hydroxyl groups is 3. The van der Waals surface area contributed by atoms with Gasteiger partial charge in [-0.3, -0.25) is 24.2 Å². The van der Waals surface area contributed by atoms with Crippen molar-refractivity contribution in [3.8, 4) is 5.75 Å². The van der Waals surface area contributed by atoms with Crippen molar-refractivity contribution in [1.82, 2.24) is 9.80 Å². The second-order valence-corrected chi connectivity index (χ2v) is 13.1. The number of amides is 1. The van der Waals surface area contributed by atoms with Crippen LogP contribution < -0.4 is 10.6 Å². The molecule has 2 saturated carbocycles. The summed E-state index contributed by atoms with van der Waals surface area (Å²) in [5.41, 5.74) is 4.46. The van der Waals surface area contributed by atoms with Crippen molar-refractivity contribution in [3.05, 3.63) is 39.7 Å². The summed E-state index contributed by atoms with van der Waals surface area (Å²) in [6, 6.07) is 0.831. The molecule has 1 aliphatic heterocycles. The highest BCUT2D eigenvalue weighted by atomic mass is 16.3. The Hall–Kier alpha value is -3.41. The number of aliphatic hydroxyl groups excluding tert-OH is 2. The van der Waals surface area contributed by atoms with Crippen molar-refractivity contribution in [2.24, 2.45) is 23.0 Å². The number of carbonyl (C=O) groups excluding carboxylic acids is 3. The van der Waals surface area contributed by atoms with Crippen LogP contribution in [-0.2, 0) is 27.3 Å². The van der Waals surface area contributed by atoms with Crippen molar-refractivity contribution in [2.75, 3.05) is 46.2 Å². The van der Waals surface area contributed by atoms with Gasteiger partial charge in [-0.25, -0.2) is 0 Å². The molecule has 0 unspecified atom stereocenters. The van der Waals surface area contributed by atoms with Crippen LogP contribution in [0.3, 0.4) is 0 Å². The Kier molecular flexibility index (Phi) is 6.12. The second-order valence-electron chi connectivity index (χ2n) is 13.1. The molecule has 1 spiro atoms. The quantitative estimate of drug-likeness (QED) is 0.325. The van der Waals surface area contributed by atoms with Crippen LogP contribution in [0.15, 0.2) is 23.0 Å². The summed E-state index contributed by atoms with van der Waals surface area (Å²) in [4.78, 5) is 45.3. The van der Waals surface area contributed by atoms with E-state index in [4.69, 9.17) is 5.73 Å². The van der Waals surface area contributed by atoms with E-state index in [1.807, 2.05) is 25.1 Å². The van der Waals surface area contributed by atoms with Gasteiger partial charge in [-0.15, -0.1) is 0 Å². The zero-order chi connectivity index (χ0) is 29.8. The van der Waals surface area contributed by atoms with E-state index in [0.29, 0.717) is 23.1 Å². The fraction of sp³-hybridized carbons (Fsp3) is 0.567. The highest BCUT2D eigenvalue weighted by Crippen LogP contribution is 2.55. The van der Waals surface area contributed by atoms with Crippen LogP contribution in [-0.4, -0.2) is 101 Å². The number of likely N-dealkylation sites (tertiary alicyclic amines) is 1. The highest BCUT2D eigenvalue weighted by molar-refractivity contribution is 6.24. The molecule has 11 nitrogen and oxygen atoms in total. The predicted molar refractivity (Wildman–Crippen MR) is 150 cm³/mol. The smallest absolute Gasteiger partial charge is 0.255 e. The molecular weight excluding hydrogens is 528 g/mol. The lowest BCUT2D eigenvalue weighted by Crippen LogP contribution is -2.65. The number of ketones is 2. The van der Waals surface area contributed by atoms with Crippen LogP contribution in [0.5, 0.6) is 5.75 Å². The fourth-order valence-electron chi connectivity index (χ4n) is 7.85. The van der Waals surface area contributed by atoms with Gasteiger partial charge >= 0.3 is 0 Å². The molecule has 6 rings (SSSR count). The molecule has 0 bridgehead atoms. The number of Topliss-reactive ketones (excluding diaryl/α,β-unsaturated/α-hetero) is 2. The van der Waals surface area contributed by atoms with Crippen molar-refractivity contribution in [2.45, 2.75) is 50.3 Å². The lowest BCUT2D eigenvalue weighted by molar-refractivity contribution is -0.153. The lowest BCUT2D eigenvalue weighted by Gasteiger charge is -2.50. The first-order valence-electron chi connectivity index (χ1n) is 14.1. The van der Waals surface area contributed by atoms with Gasteiger partial charge in [0.05, 0.1) is 11.6 Å². The van der Waals surface area contributed by atoms with Gasteiger partial charge < -0.3 is 31.1 Å². The first-order valence-corrected chi connectivity index (χ1v) is 14.1. The predicted octanol–water partition coefficient (Wildman–Crippen LogP) is 1.02. The Balaban J connectivity index is 1.49. The summed E-state index contributed by atoms with van der Waals surface area (Å²) in [5, 5.41) is 46.1. The molecule has 1 aromatic carbocycles. The SMILES string of the molecule is CN(C)c1cc(CN2CCC3(CC3)C2)c(O)c2c1C[C@H]1C[C@H]3[C@H](N(C)C)C(=O)C(C(N)=O)=C(O)[C@@]3(O)C(=O)C1=C2O. The number of fused-ring (bicyclic) bond motifs is 3. The van der Waals surface area contributed by atoms with Crippen molar-refractivity contribution < 1.29 is 34.8 Å². The van der Waals surface area contributed by atoms with Crippen LogP contribution >= 0.6 is 0 Å². The number of rotatable bonds is 5. The minimum atomic E-state index is -2.64. The van der Waals surface area contributed by atoms with Gasteiger partial charge in [-0.1, -0.05) is 0 Å². The monoisotopic (exact) mass is 566 g/mol. The number of nitrogens with two attached hydrogens (primary N) is 1. The number of carbonyl (C=O) groups is 3. The van der Waals surface area contributed by atoms with Crippen molar-refractivity contribution in [3.63, 3.8) is 0 Å². The normalized spacial score (nSPS) is 30.5. The molecule has 4 aliphatic carbocycles. The van der Waals surface area contributed by atoms with E-state index in [1.54, 1.807) is 14.1 Å². The van der Waals surface area contributed by atoms with Gasteiger partial charge in [-0.2, -0.15) is 0 Å². The Morgan fingerprint density at radius 1 is 1.12 bits per heavy atom. The number of benzene rings is 1. The first-order chi connectivity index (χ1) is 19.2. The van der Waals surface area contributed by atoms with Gasteiger partial charge in [0.25, 0.3) is 5.91 Å². The second kappa shape index (κ2) is 9.04. The molecule has 1 heterocycles.